The SMILES string of the molecule is COc1cc([C@H](N)CCCN)c(Br)c(Br)c1O.Cl. The average Bonchev–Trinajstić information content (AvgIpc) is 2.33. The predicted molar refractivity (Wildman–Crippen MR) is 82.5 cm³/mol. The van der Waals surface area contributed by atoms with Crippen molar-refractivity contribution >= 4 is 44.3 Å². The maximum absolute atomic E-state index is 9.80. The fourth-order valence-corrected chi connectivity index (χ4v) is 2.55. The topological polar surface area (TPSA) is 81.5 Å². The number of methoxy groups -OCH3 is 1. The summed E-state index contributed by atoms with van der Waals surface area (Å²) in [6.07, 6.45) is 1.64. The molecule has 1 rings (SSSR count). The molecular weight excluding hydrogens is 387 g/mol. The summed E-state index contributed by atoms with van der Waals surface area (Å²) < 4.78 is 6.40. The second-order valence-electron chi connectivity index (χ2n) is 3.68. The fraction of sp³-hybridized carbons (Fsp3) is 0.455. The number of rotatable bonds is 5. The molecule has 0 bridgehead atoms. The summed E-state index contributed by atoms with van der Waals surface area (Å²) in [7, 11) is 1.50. The number of aromatic hydroxyl groups is 1. The molecule has 0 fully saturated rings. The molecular formula is C11H17Br2ClN2O2. The first-order valence-electron chi connectivity index (χ1n) is 5.23. The summed E-state index contributed by atoms with van der Waals surface area (Å²) in [6.45, 7) is 0.613. The van der Waals surface area contributed by atoms with Crippen LogP contribution in [-0.4, -0.2) is 18.8 Å². The van der Waals surface area contributed by atoms with Crippen LogP contribution in [0, 0.1) is 0 Å². The van der Waals surface area contributed by atoms with Crippen molar-refractivity contribution in [3.8, 4) is 11.5 Å². The predicted octanol–water partition coefficient (Wildman–Crippen LogP) is 3.09. The van der Waals surface area contributed by atoms with Crippen molar-refractivity contribution in [3.63, 3.8) is 0 Å². The molecule has 0 radical (unpaired) electrons. The lowest BCUT2D eigenvalue weighted by atomic mass is 10.0. The molecule has 104 valence electrons. The van der Waals surface area contributed by atoms with Crippen molar-refractivity contribution in [1.29, 1.82) is 0 Å². The van der Waals surface area contributed by atoms with Crippen molar-refractivity contribution in [1.82, 2.24) is 0 Å². The van der Waals surface area contributed by atoms with E-state index in [4.69, 9.17) is 16.2 Å². The molecule has 0 aliphatic rings. The summed E-state index contributed by atoms with van der Waals surface area (Å²) in [6, 6.07) is 1.60. The van der Waals surface area contributed by atoms with E-state index in [1.807, 2.05) is 0 Å². The highest BCUT2D eigenvalue weighted by molar-refractivity contribution is 9.13. The first kappa shape index (κ1) is 18.0. The lowest BCUT2D eigenvalue weighted by Crippen LogP contribution is -2.13. The van der Waals surface area contributed by atoms with Gasteiger partial charge < -0.3 is 21.3 Å². The lowest BCUT2D eigenvalue weighted by Gasteiger charge is -2.17. The zero-order valence-corrected chi connectivity index (χ0v) is 13.9. The Morgan fingerprint density at radius 1 is 1.39 bits per heavy atom. The van der Waals surface area contributed by atoms with Gasteiger partial charge in [-0.05, 0) is 62.9 Å². The fourth-order valence-electron chi connectivity index (χ4n) is 1.53. The summed E-state index contributed by atoms with van der Waals surface area (Å²) in [5.74, 6) is 0.465. The number of phenolic OH excluding ortho intramolecular Hbond substituents is 1. The number of hydrogen-bond acceptors (Lipinski definition) is 4. The van der Waals surface area contributed by atoms with Crippen molar-refractivity contribution < 1.29 is 9.84 Å². The van der Waals surface area contributed by atoms with Crippen LogP contribution in [-0.2, 0) is 0 Å². The van der Waals surface area contributed by atoms with Crippen LogP contribution in [0.15, 0.2) is 15.0 Å². The minimum Gasteiger partial charge on any atom is -0.503 e. The van der Waals surface area contributed by atoms with E-state index < -0.39 is 0 Å². The molecule has 1 atom stereocenters. The molecule has 0 aliphatic carbocycles. The number of halogens is 3. The Balaban J connectivity index is 0.00000289. The molecule has 18 heavy (non-hydrogen) atoms. The van der Waals surface area contributed by atoms with Gasteiger partial charge in [0.15, 0.2) is 11.5 Å². The summed E-state index contributed by atoms with van der Waals surface area (Å²) in [4.78, 5) is 0. The van der Waals surface area contributed by atoms with Crippen molar-refractivity contribution in [3.05, 3.63) is 20.6 Å². The molecule has 0 aliphatic heterocycles. The molecule has 0 aromatic heterocycles. The first-order valence-corrected chi connectivity index (χ1v) is 6.82. The van der Waals surface area contributed by atoms with Gasteiger partial charge in [-0.15, -0.1) is 12.4 Å². The molecule has 7 heteroatoms. The maximum atomic E-state index is 9.80. The van der Waals surface area contributed by atoms with Crippen LogP contribution in [0.5, 0.6) is 11.5 Å². The summed E-state index contributed by atoms with van der Waals surface area (Å²) in [5, 5.41) is 9.80. The van der Waals surface area contributed by atoms with Gasteiger partial charge in [0.2, 0.25) is 0 Å². The molecule has 0 saturated carbocycles. The highest BCUT2D eigenvalue weighted by Gasteiger charge is 2.18. The van der Waals surface area contributed by atoms with Crippen LogP contribution in [0.3, 0.4) is 0 Å². The highest BCUT2D eigenvalue weighted by Crippen LogP contribution is 2.43. The molecule has 4 nitrogen and oxygen atoms in total. The van der Waals surface area contributed by atoms with Crippen LogP contribution in [0.25, 0.3) is 0 Å². The first-order chi connectivity index (χ1) is 8.02. The van der Waals surface area contributed by atoms with Gasteiger partial charge in [0.1, 0.15) is 0 Å². The minimum absolute atomic E-state index is 0. The molecule has 0 unspecified atom stereocenters. The molecule has 0 spiro atoms. The van der Waals surface area contributed by atoms with E-state index in [9.17, 15) is 5.11 Å². The van der Waals surface area contributed by atoms with E-state index >= 15 is 0 Å². The van der Waals surface area contributed by atoms with E-state index in [0.717, 1.165) is 22.9 Å². The van der Waals surface area contributed by atoms with Crippen LogP contribution in [0.1, 0.15) is 24.4 Å². The quantitative estimate of drug-likeness (QED) is 0.704. The van der Waals surface area contributed by atoms with Gasteiger partial charge >= 0.3 is 0 Å². The maximum Gasteiger partial charge on any atom is 0.173 e. The number of hydrogen-bond donors (Lipinski definition) is 3. The Bertz CT molecular complexity index is 405. The Morgan fingerprint density at radius 2 is 2.00 bits per heavy atom. The van der Waals surface area contributed by atoms with Crippen LogP contribution in [0.4, 0.5) is 0 Å². The van der Waals surface area contributed by atoms with Gasteiger partial charge in [-0.1, -0.05) is 0 Å². The van der Waals surface area contributed by atoms with Gasteiger partial charge in [-0.2, -0.15) is 0 Å². The standard InChI is InChI=1S/C11H16Br2N2O2.ClH/c1-17-8-5-6(7(15)3-2-4-14)9(12)10(13)11(8)16;/h5,7,16H,2-4,14-15H2,1H3;1H/t7-;/m1./s1. The lowest BCUT2D eigenvalue weighted by molar-refractivity contribution is 0.370. The van der Waals surface area contributed by atoms with Crippen LogP contribution < -0.4 is 16.2 Å². The van der Waals surface area contributed by atoms with Crippen molar-refractivity contribution in [2.24, 2.45) is 11.5 Å². The number of ether oxygens (including phenoxy) is 1. The molecule has 1 aromatic rings. The van der Waals surface area contributed by atoms with E-state index in [1.165, 1.54) is 7.11 Å². The van der Waals surface area contributed by atoms with Gasteiger partial charge in [0, 0.05) is 10.5 Å². The molecule has 5 N–H and O–H groups in total. The third-order valence-electron chi connectivity index (χ3n) is 2.51. The monoisotopic (exact) mass is 402 g/mol. The molecule has 0 heterocycles. The third kappa shape index (κ3) is 3.99. The molecule has 0 amide bonds. The minimum atomic E-state index is -0.140. The number of phenols is 1. The van der Waals surface area contributed by atoms with Crippen molar-refractivity contribution in [2.75, 3.05) is 13.7 Å². The second kappa shape index (κ2) is 8.22. The number of nitrogens with two attached hydrogens (primary N) is 2. The average molecular weight is 405 g/mol. The highest BCUT2D eigenvalue weighted by atomic mass is 79.9. The van der Waals surface area contributed by atoms with Gasteiger partial charge in [-0.25, -0.2) is 0 Å². The van der Waals surface area contributed by atoms with E-state index in [1.54, 1.807) is 6.07 Å². The zero-order valence-electron chi connectivity index (χ0n) is 9.95. The Hall–Kier alpha value is -0.0100. The largest absolute Gasteiger partial charge is 0.503 e. The van der Waals surface area contributed by atoms with Crippen LogP contribution in [0.2, 0.25) is 0 Å². The van der Waals surface area contributed by atoms with Crippen molar-refractivity contribution in [2.45, 2.75) is 18.9 Å². The van der Waals surface area contributed by atoms with E-state index in [0.29, 0.717) is 16.8 Å². The van der Waals surface area contributed by atoms with Gasteiger partial charge in [-0.3, -0.25) is 0 Å². The van der Waals surface area contributed by atoms with Gasteiger partial charge in [0.25, 0.3) is 0 Å². The number of benzene rings is 1. The van der Waals surface area contributed by atoms with Crippen LogP contribution >= 0.6 is 44.3 Å². The smallest absolute Gasteiger partial charge is 0.173 e. The summed E-state index contributed by atoms with van der Waals surface area (Å²) >= 11 is 6.71. The normalized spacial score (nSPS) is 11.8. The summed E-state index contributed by atoms with van der Waals surface area (Å²) in [5.41, 5.74) is 12.4. The van der Waals surface area contributed by atoms with E-state index in [2.05, 4.69) is 31.9 Å². The third-order valence-corrected chi connectivity index (χ3v) is 4.67. The molecule has 1 aromatic carbocycles. The van der Waals surface area contributed by atoms with E-state index in [-0.39, 0.29) is 24.2 Å². The Morgan fingerprint density at radius 3 is 2.50 bits per heavy atom. The Kier molecular flexibility index (Phi) is 8.21. The molecule has 0 saturated heterocycles. The van der Waals surface area contributed by atoms with Gasteiger partial charge in [0.05, 0.1) is 11.6 Å². The second-order valence-corrected chi connectivity index (χ2v) is 5.27. The zero-order chi connectivity index (χ0) is 13.0. The Labute approximate surface area is 130 Å².